The Morgan fingerprint density at radius 2 is 1.76 bits per heavy atom. The molecule has 6 heteroatoms. The molecule has 0 bridgehead atoms. The molecule has 0 spiro atoms. The summed E-state index contributed by atoms with van der Waals surface area (Å²) in [7, 11) is 0. The minimum absolute atomic E-state index is 0.00136. The van der Waals surface area contributed by atoms with Crippen LogP contribution < -0.4 is 5.32 Å². The molecule has 5 rings (SSSR count). The summed E-state index contributed by atoms with van der Waals surface area (Å²) in [5.41, 5.74) is 3.23. The largest absolute Gasteiger partial charge is 0.394 e. The van der Waals surface area contributed by atoms with Crippen LogP contribution >= 0.6 is 0 Å². The lowest BCUT2D eigenvalue weighted by Gasteiger charge is -2.39. The smallest absolute Gasteiger partial charge is 0.257 e. The molecule has 0 unspecified atom stereocenters. The summed E-state index contributed by atoms with van der Waals surface area (Å²) in [6, 6.07) is 17.2. The minimum atomic E-state index is -0.544. The van der Waals surface area contributed by atoms with Crippen molar-refractivity contribution in [3.63, 3.8) is 0 Å². The maximum atomic E-state index is 14.4. The maximum Gasteiger partial charge on any atom is 0.257 e. The number of hydrogen-bond acceptors (Lipinski definition) is 3. The van der Waals surface area contributed by atoms with Gasteiger partial charge in [-0.25, -0.2) is 8.78 Å². The first-order chi connectivity index (χ1) is 16.0. The molecule has 2 heterocycles. The Bertz CT molecular complexity index is 1260. The van der Waals surface area contributed by atoms with Gasteiger partial charge in [0.1, 0.15) is 11.6 Å². The molecule has 3 atom stereocenters. The molecule has 2 aliphatic heterocycles. The van der Waals surface area contributed by atoms with Crippen molar-refractivity contribution >= 4 is 11.6 Å². The van der Waals surface area contributed by atoms with Crippen LogP contribution in [0.2, 0.25) is 0 Å². The maximum absolute atomic E-state index is 14.4. The number of rotatable bonds is 2. The van der Waals surface area contributed by atoms with Gasteiger partial charge in [0, 0.05) is 29.3 Å². The number of hydrogen-bond donors (Lipinski definition) is 2. The third kappa shape index (κ3) is 3.96. The van der Waals surface area contributed by atoms with Gasteiger partial charge in [-0.15, -0.1) is 0 Å². The van der Waals surface area contributed by atoms with E-state index in [2.05, 4.69) is 17.2 Å². The number of carbonyl (C=O) groups excluding carboxylic acids is 1. The van der Waals surface area contributed by atoms with E-state index in [0.717, 1.165) is 16.8 Å². The Labute approximate surface area is 190 Å². The Balaban J connectivity index is 1.52. The summed E-state index contributed by atoms with van der Waals surface area (Å²) in [5, 5.41) is 13.3. The number of benzene rings is 3. The second kappa shape index (κ2) is 8.68. The van der Waals surface area contributed by atoms with Crippen LogP contribution in [0.4, 0.5) is 14.5 Å². The molecular formula is C27H22F2N2O2. The van der Waals surface area contributed by atoms with Gasteiger partial charge in [0.25, 0.3) is 5.91 Å². The highest BCUT2D eigenvalue weighted by atomic mass is 19.1. The fourth-order valence-corrected chi connectivity index (χ4v) is 4.84. The highest BCUT2D eigenvalue weighted by Gasteiger charge is 2.46. The van der Waals surface area contributed by atoms with Crippen molar-refractivity contribution in [3.8, 4) is 11.8 Å². The van der Waals surface area contributed by atoms with Crippen LogP contribution in [0.3, 0.4) is 0 Å². The zero-order valence-corrected chi connectivity index (χ0v) is 17.8. The van der Waals surface area contributed by atoms with Crippen molar-refractivity contribution in [2.75, 3.05) is 18.5 Å². The quantitative estimate of drug-likeness (QED) is 0.578. The van der Waals surface area contributed by atoms with Gasteiger partial charge in [-0.2, -0.15) is 0 Å². The second-order valence-corrected chi connectivity index (χ2v) is 8.37. The van der Waals surface area contributed by atoms with E-state index in [-0.39, 0.29) is 41.9 Å². The Morgan fingerprint density at radius 3 is 2.52 bits per heavy atom. The van der Waals surface area contributed by atoms with Crippen molar-refractivity contribution < 1.29 is 18.7 Å². The van der Waals surface area contributed by atoms with Crippen LogP contribution in [0, 0.1) is 29.4 Å². The number of carbonyl (C=O) groups is 1. The van der Waals surface area contributed by atoms with Gasteiger partial charge in [-0.3, -0.25) is 4.79 Å². The van der Waals surface area contributed by atoms with Crippen molar-refractivity contribution in [3.05, 3.63) is 101 Å². The molecule has 2 aliphatic rings. The third-order valence-electron chi connectivity index (χ3n) is 6.43. The zero-order chi connectivity index (χ0) is 22.9. The number of likely N-dealkylation sites (tertiary alicyclic amines) is 1. The standard InChI is InChI=1S/C27H22F2N2O2/c28-19-10-7-17(8-11-19)5-6-18-9-12-24-22(15-18)26-21(25(16-32)30-24)13-14-31(26)27(33)20-3-1-2-4-23(20)29/h1-4,7-12,15,21,25-26,30,32H,13-14,16H2/t21-,25+,26-/m1/s1. The monoisotopic (exact) mass is 444 g/mol. The van der Waals surface area contributed by atoms with Gasteiger partial charge >= 0.3 is 0 Å². The van der Waals surface area contributed by atoms with E-state index in [1.165, 1.54) is 24.3 Å². The van der Waals surface area contributed by atoms with E-state index in [9.17, 15) is 18.7 Å². The van der Waals surface area contributed by atoms with Gasteiger partial charge in [-0.05, 0) is 66.6 Å². The predicted octanol–water partition coefficient (Wildman–Crippen LogP) is 4.35. The lowest BCUT2D eigenvalue weighted by Crippen LogP contribution is -2.43. The van der Waals surface area contributed by atoms with Gasteiger partial charge < -0.3 is 15.3 Å². The van der Waals surface area contributed by atoms with Gasteiger partial charge in [-0.1, -0.05) is 24.0 Å². The van der Waals surface area contributed by atoms with E-state index in [0.29, 0.717) is 18.5 Å². The molecule has 1 fully saturated rings. The average Bonchev–Trinajstić information content (AvgIpc) is 3.29. The predicted molar refractivity (Wildman–Crippen MR) is 122 cm³/mol. The summed E-state index contributed by atoms with van der Waals surface area (Å²) in [6.07, 6.45) is 0.702. The molecule has 3 aromatic rings. The number of fused-ring (bicyclic) bond motifs is 3. The summed E-state index contributed by atoms with van der Waals surface area (Å²) < 4.78 is 27.5. The van der Waals surface area contributed by atoms with Crippen LogP contribution in [0.25, 0.3) is 0 Å². The number of halogens is 2. The number of nitrogens with zero attached hydrogens (tertiary/aromatic N) is 1. The molecular weight excluding hydrogens is 422 g/mol. The van der Waals surface area contributed by atoms with Crippen molar-refractivity contribution in [1.82, 2.24) is 4.90 Å². The summed E-state index contributed by atoms with van der Waals surface area (Å²) in [6.45, 7) is 0.417. The number of amides is 1. The topological polar surface area (TPSA) is 52.6 Å². The van der Waals surface area contributed by atoms with Crippen molar-refractivity contribution in [2.24, 2.45) is 5.92 Å². The van der Waals surface area contributed by atoms with E-state index >= 15 is 0 Å². The summed E-state index contributed by atoms with van der Waals surface area (Å²) >= 11 is 0. The average molecular weight is 444 g/mol. The molecule has 0 aromatic heterocycles. The molecule has 166 valence electrons. The molecule has 33 heavy (non-hydrogen) atoms. The number of aliphatic hydroxyl groups excluding tert-OH is 1. The first kappa shape index (κ1) is 21.2. The molecule has 0 aliphatic carbocycles. The molecule has 1 amide bonds. The molecule has 4 nitrogen and oxygen atoms in total. The SMILES string of the molecule is O=C(c1ccccc1F)N1CC[C@@H]2[C@H](CO)Nc3ccc(C#Cc4ccc(F)cc4)cc3[C@@H]21. The first-order valence-corrected chi connectivity index (χ1v) is 10.9. The zero-order valence-electron chi connectivity index (χ0n) is 17.8. The highest BCUT2D eigenvalue weighted by molar-refractivity contribution is 5.95. The Kier molecular flexibility index (Phi) is 5.57. The number of aliphatic hydroxyl groups is 1. The summed E-state index contributed by atoms with van der Waals surface area (Å²) in [5.74, 6) is 4.93. The van der Waals surface area contributed by atoms with Crippen molar-refractivity contribution in [1.29, 1.82) is 0 Å². The molecule has 1 saturated heterocycles. The second-order valence-electron chi connectivity index (χ2n) is 8.37. The Hall–Kier alpha value is -3.69. The van der Waals surface area contributed by atoms with Gasteiger partial charge in [0.05, 0.1) is 24.3 Å². The Morgan fingerprint density at radius 1 is 1.03 bits per heavy atom. The van der Waals surface area contributed by atoms with Crippen molar-refractivity contribution in [2.45, 2.75) is 18.5 Å². The lowest BCUT2D eigenvalue weighted by atomic mass is 9.82. The fraction of sp³-hybridized carbons (Fsp3) is 0.222. The molecule has 0 saturated carbocycles. The molecule has 0 radical (unpaired) electrons. The third-order valence-corrected chi connectivity index (χ3v) is 6.43. The minimum Gasteiger partial charge on any atom is -0.394 e. The van der Waals surface area contributed by atoms with Crippen LogP contribution in [0.5, 0.6) is 0 Å². The van der Waals surface area contributed by atoms with Crippen LogP contribution in [-0.4, -0.2) is 35.1 Å². The van der Waals surface area contributed by atoms with Gasteiger partial charge in [0.2, 0.25) is 0 Å². The highest BCUT2D eigenvalue weighted by Crippen LogP contribution is 2.47. The van der Waals surface area contributed by atoms with E-state index in [1.807, 2.05) is 18.2 Å². The first-order valence-electron chi connectivity index (χ1n) is 10.9. The molecule has 2 N–H and O–H groups in total. The molecule has 3 aromatic carbocycles. The van der Waals surface area contributed by atoms with Gasteiger partial charge in [0.15, 0.2) is 0 Å². The lowest BCUT2D eigenvalue weighted by molar-refractivity contribution is 0.0696. The fourth-order valence-electron chi connectivity index (χ4n) is 4.84. The van der Waals surface area contributed by atoms with E-state index in [1.54, 1.807) is 29.2 Å². The van der Waals surface area contributed by atoms with E-state index in [4.69, 9.17) is 0 Å². The summed E-state index contributed by atoms with van der Waals surface area (Å²) in [4.78, 5) is 15.0. The number of anilines is 1. The van der Waals surface area contributed by atoms with Crippen LogP contribution in [0.1, 0.15) is 39.5 Å². The number of nitrogens with one attached hydrogen (secondary N) is 1. The normalized spacial score (nSPS) is 20.8. The van der Waals surface area contributed by atoms with Crippen LogP contribution in [-0.2, 0) is 0 Å². The van der Waals surface area contributed by atoms with E-state index < -0.39 is 5.82 Å². The van der Waals surface area contributed by atoms with Crippen LogP contribution in [0.15, 0.2) is 66.7 Å².